The molecule has 0 saturated carbocycles. The van der Waals surface area contributed by atoms with Crippen LogP contribution in [0.2, 0.25) is 0 Å². The second kappa shape index (κ2) is 11.3. The molecule has 2 amide bonds. The van der Waals surface area contributed by atoms with Crippen LogP contribution in [0.3, 0.4) is 0 Å². The van der Waals surface area contributed by atoms with E-state index in [-0.39, 0.29) is 24.2 Å². The van der Waals surface area contributed by atoms with Crippen molar-refractivity contribution in [1.82, 2.24) is 10.2 Å². The first-order chi connectivity index (χ1) is 14.0. The third-order valence-electron chi connectivity index (χ3n) is 5.06. The van der Waals surface area contributed by atoms with Crippen molar-refractivity contribution in [1.29, 1.82) is 0 Å². The summed E-state index contributed by atoms with van der Waals surface area (Å²) in [4.78, 5) is 27.3. The van der Waals surface area contributed by atoms with E-state index >= 15 is 0 Å². The molecule has 156 valence electrons. The quantitative estimate of drug-likeness (QED) is 0.650. The number of nitrogens with zero attached hydrogens (tertiary/aromatic N) is 1. The van der Waals surface area contributed by atoms with Crippen molar-refractivity contribution in [3.05, 3.63) is 71.0 Å². The van der Waals surface area contributed by atoms with Gasteiger partial charge in [-0.15, -0.1) is 0 Å². The predicted molar refractivity (Wildman–Crippen MR) is 114 cm³/mol. The highest BCUT2D eigenvalue weighted by molar-refractivity contribution is 5.87. The van der Waals surface area contributed by atoms with Gasteiger partial charge in [0.05, 0.1) is 0 Å². The lowest BCUT2D eigenvalue weighted by Crippen LogP contribution is -2.49. The van der Waals surface area contributed by atoms with Crippen LogP contribution < -0.4 is 5.32 Å². The maximum Gasteiger partial charge on any atom is 0.242 e. The molecule has 0 heterocycles. The van der Waals surface area contributed by atoms with Crippen molar-refractivity contribution in [3.63, 3.8) is 0 Å². The van der Waals surface area contributed by atoms with Crippen LogP contribution in [0.15, 0.2) is 48.5 Å². The van der Waals surface area contributed by atoms with E-state index in [1.807, 2.05) is 13.8 Å². The molecule has 0 aliphatic heterocycles. The first kappa shape index (κ1) is 22.6. The van der Waals surface area contributed by atoms with Gasteiger partial charge >= 0.3 is 0 Å². The van der Waals surface area contributed by atoms with Crippen molar-refractivity contribution >= 4 is 11.8 Å². The number of nitrogens with one attached hydrogen (secondary N) is 1. The lowest BCUT2D eigenvalue weighted by atomic mass is 10.0. The molecular formula is C24H31FN2O2. The minimum Gasteiger partial charge on any atom is -0.355 e. The Bertz CT molecular complexity index is 788. The van der Waals surface area contributed by atoms with Crippen LogP contribution >= 0.6 is 0 Å². The van der Waals surface area contributed by atoms with Crippen molar-refractivity contribution < 1.29 is 14.0 Å². The fraction of sp³-hybridized carbons (Fsp3) is 0.417. The average Bonchev–Trinajstić information content (AvgIpc) is 2.73. The first-order valence-electron chi connectivity index (χ1n) is 10.4. The molecule has 0 aliphatic carbocycles. The normalized spacial score (nSPS) is 11.7. The highest BCUT2D eigenvalue weighted by atomic mass is 19.1. The minimum atomic E-state index is -0.546. The van der Waals surface area contributed by atoms with Crippen LogP contribution in [0.25, 0.3) is 0 Å². The summed E-state index contributed by atoms with van der Waals surface area (Å²) in [7, 11) is 0. The second-order valence-electron chi connectivity index (χ2n) is 7.14. The van der Waals surface area contributed by atoms with Gasteiger partial charge in [0.2, 0.25) is 11.8 Å². The van der Waals surface area contributed by atoms with Crippen molar-refractivity contribution in [2.24, 2.45) is 0 Å². The number of amides is 2. The Labute approximate surface area is 173 Å². The number of halogens is 1. The zero-order valence-corrected chi connectivity index (χ0v) is 17.6. The standard InChI is InChI=1S/C24H31FN2O2/c1-4-18-7-9-19(10-8-18)13-16-23(28)27(22(5-2)24(29)26-6-3)17-20-11-14-21(25)15-12-20/h7-12,14-15,22H,4-6,13,16-17H2,1-3H3,(H,26,29). The summed E-state index contributed by atoms with van der Waals surface area (Å²) in [6.45, 7) is 6.66. The molecule has 0 bridgehead atoms. The largest absolute Gasteiger partial charge is 0.355 e. The number of hydrogen-bond donors (Lipinski definition) is 1. The molecule has 0 aromatic heterocycles. The van der Waals surface area contributed by atoms with E-state index in [9.17, 15) is 14.0 Å². The predicted octanol–water partition coefficient (Wildman–Crippen LogP) is 4.26. The second-order valence-corrected chi connectivity index (χ2v) is 7.14. The van der Waals surface area contributed by atoms with Gasteiger partial charge in [0.15, 0.2) is 0 Å². The monoisotopic (exact) mass is 398 g/mol. The maximum atomic E-state index is 13.3. The minimum absolute atomic E-state index is 0.0769. The summed E-state index contributed by atoms with van der Waals surface area (Å²) in [5, 5.41) is 2.82. The molecule has 2 aromatic carbocycles. The molecule has 2 rings (SSSR count). The van der Waals surface area contributed by atoms with Crippen molar-refractivity contribution in [2.75, 3.05) is 6.54 Å². The van der Waals surface area contributed by atoms with Crippen LogP contribution in [-0.2, 0) is 29.0 Å². The van der Waals surface area contributed by atoms with Gasteiger partial charge in [0.25, 0.3) is 0 Å². The molecular weight excluding hydrogens is 367 g/mol. The fourth-order valence-corrected chi connectivity index (χ4v) is 3.33. The Hall–Kier alpha value is -2.69. The van der Waals surface area contributed by atoms with Crippen molar-refractivity contribution in [3.8, 4) is 0 Å². The number of aryl methyl sites for hydroxylation is 2. The number of rotatable bonds is 10. The van der Waals surface area contributed by atoms with Crippen LogP contribution in [0.5, 0.6) is 0 Å². The third kappa shape index (κ3) is 6.70. The highest BCUT2D eigenvalue weighted by Gasteiger charge is 2.28. The summed E-state index contributed by atoms with van der Waals surface area (Å²) in [6.07, 6.45) is 2.44. The SMILES string of the molecule is CCNC(=O)C(CC)N(Cc1ccc(F)cc1)C(=O)CCc1ccc(CC)cc1. The van der Waals surface area contributed by atoms with Crippen LogP contribution in [0.4, 0.5) is 4.39 Å². The smallest absolute Gasteiger partial charge is 0.242 e. The van der Waals surface area contributed by atoms with E-state index in [1.165, 1.54) is 17.7 Å². The number of likely N-dealkylation sites (N-methyl/N-ethyl adjacent to an activating group) is 1. The molecule has 1 unspecified atom stereocenters. The fourth-order valence-electron chi connectivity index (χ4n) is 3.33. The molecule has 0 radical (unpaired) electrons. The van der Waals surface area contributed by atoms with Crippen LogP contribution in [0, 0.1) is 5.82 Å². The lowest BCUT2D eigenvalue weighted by molar-refractivity contribution is -0.141. The summed E-state index contributed by atoms with van der Waals surface area (Å²) in [5.41, 5.74) is 3.17. The summed E-state index contributed by atoms with van der Waals surface area (Å²) in [6, 6.07) is 13.8. The number of carbonyl (C=O) groups is 2. The molecule has 0 aliphatic rings. The van der Waals surface area contributed by atoms with Gasteiger partial charge in [-0.25, -0.2) is 4.39 Å². The Morgan fingerprint density at radius 2 is 1.52 bits per heavy atom. The zero-order chi connectivity index (χ0) is 21.2. The molecule has 1 atom stereocenters. The Balaban J connectivity index is 2.15. The molecule has 0 spiro atoms. The van der Waals surface area contributed by atoms with Crippen LogP contribution in [-0.4, -0.2) is 29.3 Å². The number of benzene rings is 2. The topological polar surface area (TPSA) is 49.4 Å². The Morgan fingerprint density at radius 3 is 2.07 bits per heavy atom. The van der Waals surface area contributed by atoms with Crippen LogP contribution in [0.1, 0.15) is 50.3 Å². The van der Waals surface area contributed by atoms with Gasteiger partial charge in [-0.1, -0.05) is 50.2 Å². The van der Waals surface area contributed by atoms with E-state index in [2.05, 4.69) is 36.5 Å². The first-order valence-corrected chi connectivity index (χ1v) is 10.4. The van der Waals surface area contributed by atoms with Gasteiger partial charge in [-0.05, 0) is 55.0 Å². The van der Waals surface area contributed by atoms with Gasteiger partial charge in [0, 0.05) is 19.5 Å². The van der Waals surface area contributed by atoms with Gasteiger partial charge in [0.1, 0.15) is 11.9 Å². The van der Waals surface area contributed by atoms with Gasteiger partial charge in [-0.2, -0.15) is 0 Å². The third-order valence-corrected chi connectivity index (χ3v) is 5.06. The van der Waals surface area contributed by atoms with E-state index in [4.69, 9.17) is 0 Å². The molecule has 4 nitrogen and oxygen atoms in total. The molecule has 5 heteroatoms. The van der Waals surface area contributed by atoms with Crippen molar-refractivity contribution in [2.45, 2.75) is 59.0 Å². The number of hydrogen-bond acceptors (Lipinski definition) is 2. The zero-order valence-electron chi connectivity index (χ0n) is 17.6. The average molecular weight is 399 g/mol. The molecule has 29 heavy (non-hydrogen) atoms. The number of carbonyl (C=O) groups excluding carboxylic acids is 2. The summed E-state index contributed by atoms with van der Waals surface area (Å²) < 4.78 is 13.3. The molecule has 2 aromatic rings. The van der Waals surface area contributed by atoms with E-state index in [0.717, 1.165) is 17.5 Å². The summed E-state index contributed by atoms with van der Waals surface area (Å²) >= 11 is 0. The van der Waals surface area contributed by atoms with Gasteiger partial charge in [-0.3, -0.25) is 9.59 Å². The Kier molecular flexibility index (Phi) is 8.84. The maximum absolute atomic E-state index is 13.3. The van der Waals surface area contributed by atoms with E-state index in [1.54, 1.807) is 17.0 Å². The molecule has 0 saturated heterocycles. The van der Waals surface area contributed by atoms with E-state index < -0.39 is 6.04 Å². The molecule has 0 fully saturated rings. The Morgan fingerprint density at radius 1 is 0.931 bits per heavy atom. The lowest BCUT2D eigenvalue weighted by Gasteiger charge is -2.30. The molecule has 1 N–H and O–H groups in total. The van der Waals surface area contributed by atoms with E-state index in [0.29, 0.717) is 25.8 Å². The summed E-state index contributed by atoms with van der Waals surface area (Å²) in [5.74, 6) is -0.553. The highest BCUT2D eigenvalue weighted by Crippen LogP contribution is 2.16. The van der Waals surface area contributed by atoms with Gasteiger partial charge < -0.3 is 10.2 Å².